The Hall–Kier alpha value is -3.02. The highest BCUT2D eigenvalue weighted by atomic mass is 16.5. The normalized spacial score (nSPS) is 20.8. The summed E-state index contributed by atoms with van der Waals surface area (Å²) in [6, 6.07) is 12.7. The van der Waals surface area contributed by atoms with Gasteiger partial charge in [0.25, 0.3) is 11.8 Å². The number of amides is 2. The van der Waals surface area contributed by atoms with E-state index >= 15 is 0 Å². The maximum Gasteiger partial charge on any atom is 0.276 e. The highest BCUT2D eigenvalue weighted by molar-refractivity contribution is 6.14. The molecule has 0 fully saturated rings. The van der Waals surface area contributed by atoms with Crippen LogP contribution in [0, 0.1) is 0 Å². The first-order valence-electron chi connectivity index (χ1n) is 8.31. The topological polar surface area (TPSA) is 70.7 Å². The van der Waals surface area contributed by atoms with Crippen LogP contribution in [-0.4, -0.2) is 30.4 Å². The first-order valence-corrected chi connectivity index (χ1v) is 8.31. The number of benzene rings is 2. The van der Waals surface area contributed by atoms with E-state index in [1.165, 1.54) is 0 Å². The highest BCUT2D eigenvalue weighted by Gasteiger charge is 2.56. The molecule has 2 aliphatic heterocycles. The van der Waals surface area contributed by atoms with Crippen LogP contribution in [0.5, 0.6) is 5.75 Å². The summed E-state index contributed by atoms with van der Waals surface area (Å²) in [5.41, 5.74) is 1.40. The van der Waals surface area contributed by atoms with Gasteiger partial charge in [-0.25, -0.2) is 0 Å². The summed E-state index contributed by atoms with van der Waals surface area (Å²) in [5, 5.41) is 6.23. The summed E-state index contributed by atoms with van der Waals surface area (Å²) in [4.78, 5) is 27.8. The minimum absolute atomic E-state index is 0.144. The number of rotatable bonds is 3. The first kappa shape index (κ1) is 15.5. The number of methoxy groups -OCH3 is 1. The van der Waals surface area contributed by atoms with Crippen molar-refractivity contribution in [2.24, 2.45) is 0 Å². The predicted molar refractivity (Wildman–Crippen MR) is 94.7 cm³/mol. The van der Waals surface area contributed by atoms with Gasteiger partial charge < -0.3 is 20.3 Å². The van der Waals surface area contributed by atoms with Crippen molar-refractivity contribution in [3.05, 3.63) is 53.6 Å². The molecule has 2 aromatic carbocycles. The largest absolute Gasteiger partial charge is 0.497 e. The average molecular weight is 337 g/mol. The van der Waals surface area contributed by atoms with Crippen LogP contribution in [0.4, 0.5) is 11.4 Å². The molecule has 128 valence electrons. The molecule has 6 heteroatoms. The van der Waals surface area contributed by atoms with Gasteiger partial charge in [-0.3, -0.25) is 9.59 Å². The summed E-state index contributed by atoms with van der Waals surface area (Å²) >= 11 is 0. The van der Waals surface area contributed by atoms with Crippen LogP contribution in [0.2, 0.25) is 0 Å². The van der Waals surface area contributed by atoms with Crippen molar-refractivity contribution < 1.29 is 14.3 Å². The number of carbonyl (C=O) groups excluding carboxylic acids is 2. The van der Waals surface area contributed by atoms with Crippen molar-refractivity contribution in [2.45, 2.75) is 19.0 Å². The maximum absolute atomic E-state index is 13.1. The lowest BCUT2D eigenvalue weighted by Gasteiger charge is -2.44. The van der Waals surface area contributed by atoms with Gasteiger partial charge in [0.2, 0.25) is 5.66 Å². The van der Waals surface area contributed by atoms with E-state index in [9.17, 15) is 9.59 Å². The molecule has 6 nitrogen and oxygen atoms in total. The van der Waals surface area contributed by atoms with E-state index in [2.05, 4.69) is 10.6 Å². The minimum Gasteiger partial charge on any atom is -0.497 e. The van der Waals surface area contributed by atoms with Crippen molar-refractivity contribution in [1.82, 2.24) is 4.90 Å². The summed E-state index contributed by atoms with van der Waals surface area (Å²) in [6.45, 7) is 2.46. The summed E-state index contributed by atoms with van der Waals surface area (Å²) in [7, 11) is 1.58. The molecule has 1 atom stereocenters. The van der Waals surface area contributed by atoms with Crippen molar-refractivity contribution in [3.8, 4) is 5.75 Å². The SMILES string of the molecule is CCCN1C(=O)c2ccccc2N[C@]12C(=O)Nc1cc(OC)ccc12. The smallest absolute Gasteiger partial charge is 0.276 e. The minimum atomic E-state index is -1.23. The van der Waals surface area contributed by atoms with E-state index in [0.29, 0.717) is 29.2 Å². The molecule has 0 unspecified atom stereocenters. The highest BCUT2D eigenvalue weighted by Crippen LogP contribution is 2.46. The third-order valence-corrected chi connectivity index (χ3v) is 4.76. The fraction of sp³-hybridized carbons (Fsp3) is 0.263. The van der Waals surface area contributed by atoms with Crippen molar-refractivity contribution >= 4 is 23.2 Å². The second kappa shape index (κ2) is 5.51. The Balaban J connectivity index is 1.93. The zero-order valence-corrected chi connectivity index (χ0v) is 14.1. The van der Waals surface area contributed by atoms with Crippen LogP contribution in [0.3, 0.4) is 0 Å². The van der Waals surface area contributed by atoms with Gasteiger partial charge in [-0.05, 0) is 30.7 Å². The monoisotopic (exact) mass is 337 g/mol. The Morgan fingerprint density at radius 3 is 2.68 bits per heavy atom. The van der Waals surface area contributed by atoms with Crippen molar-refractivity contribution in [1.29, 1.82) is 0 Å². The molecule has 2 aromatic rings. The molecule has 2 heterocycles. The summed E-state index contributed by atoms with van der Waals surface area (Å²) in [6.07, 6.45) is 0.746. The quantitative estimate of drug-likeness (QED) is 0.903. The summed E-state index contributed by atoms with van der Waals surface area (Å²) < 4.78 is 5.25. The number of fused-ring (bicyclic) bond motifs is 3. The number of nitrogens with one attached hydrogen (secondary N) is 2. The van der Waals surface area contributed by atoms with Gasteiger partial charge in [0.15, 0.2) is 0 Å². The molecule has 0 saturated heterocycles. The molecular formula is C19H19N3O3. The third-order valence-electron chi connectivity index (χ3n) is 4.76. The second-order valence-corrected chi connectivity index (χ2v) is 6.20. The Morgan fingerprint density at radius 1 is 1.12 bits per heavy atom. The molecular weight excluding hydrogens is 318 g/mol. The zero-order valence-electron chi connectivity index (χ0n) is 14.1. The van der Waals surface area contributed by atoms with Crippen LogP contribution < -0.4 is 15.4 Å². The number of hydrogen-bond donors (Lipinski definition) is 2. The van der Waals surface area contributed by atoms with Gasteiger partial charge in [-0.15, -0.1) is 0 Å². The molecule has 25 heavy (non-hydrogen) atoms. The predicted octanol–water partition coefficient (Wildman–Crippen LogP) is 2.78. The van der Waals surface area contributed by atoms with E-state index in [4.69, 9.17) is 4.74 Å². The standard InChI is InChI=1S/C19H19N3O3/c1-3-10-22-17(23)13-6-4-5-7-15(13)21-19(22)14-9-8-12(25-2)11-16(14)20-18(19)24/h4-9,11,21H,3,10H2,1-2H3,(H,20,24)/t19-/m0/s1. The Labute approximate surface area is 145 Å². The average Bonchev–Trinajstić information content (AvgIpc) is 2.90. The molecule has 0 bridgehead atoms. The Kier molecular flexibility index (Phi) is 3.42. The fourth-order valence-corrected chi connectivity index (χ4v) is 3.63. The van der Waals surface area contributed by atoms with Gasteiger partial charge in [0.1, 0.15) is 5.75 Å². The molecule has 1 spiro atoms. The molecule has 2 N–H and O–H groups in total. The Bertz CT molecular complexity index is 880. The number of para-hydroxylation sites is 1. The molecule has 0 radical (unpaired) electrons. The Morgan fingerprint density at radius 2 is 1.92 bits per heavy atom. The summed E-state index contributed by atoms with van der Waals surface area (Å²) in [5.74, 6) is 0.253. The lowest BCUT2D eigenvalue weighted by atomic mass is 9.92. The van der Waals surface area contributed by atoms with E-state index < -0.39 is 5.66 Å². The van der Waals surface area contributed by atoms with Gasteiger partial charge in [-0.2, -0.15) is 0 Å². The van der Waals surface area contributed by atoms with E-state index in [-0.39, 0.29) is 11.8 Å². The molecule has 0 aromatic heterocycles. The lowest BCUT2D eigenvalue weighted by molar-refractivity contribution is -0.125. The molecule has 4 rings (SSSR count). The number of ether oxygens (including phenoxy) is 1. The molecule has 0 aliphatic carbocycles. The fourth-order valence-electron chi connectivity index (χ4n) is 3.63. The van der Waals surface area contributed by atoms with Gasteiger partial charge in [0, 0.05) is 23.9 Å². The lowest BCUT2D eigenvalue weighted by Crippen LogP contribution is -2.61. The van der Waals surface area contributed by atoms with E-state index in [0.717, 1.165) is 12.0 Å². The van der Waals surface area contributed by atoms with Gasteiger partial charge in [-0.1, -0.05) is 19.1 Å². The third kappa shape index (κ3) is 2.03. The zero-order chi connectivity index (χ0) is 17.6. The first-order chi connectivity index (χ1) is 12.1. The molecule has 0 saturated carbocycles. The second-order valence-electron chi connectivity index (χ2n) is 6.20. The van der Waals surface area contributed by atoms with E-state index in [1.807, 2.05) is 31.2 Å². The van der Waals surface area contributed by atoms with Crippen LogP contribution in [0.25, 0.3) is 0 Å². The van der Waals surface area contributed by atoms with Gasteiger partial charge >= 0.3 is 0 Å². The number of hydrogen-bond acceptors (Lipinski definition) is 4. The maximum atomic E-state index is 13.1. The van der Waals surface area contributed by atoms with Crippen LogP contribution in [0.1, 0.15) is 29.3 Å². The molecule has 2 aliphatic rings. The van der Waals surface area contributed by atoms with Crippen molar-refractivity contribution in [2.75, 3.05) is 24.3 Å². The van der Waals surface area contributed by atoms with Crippen molar-refractivity contribution in [3.63, 3.8) is 0 Å². The van der Waals surface area contributed by atoms with E-state index in [1.54, 1.807) is 30.2 Å². The number of nitrogens with zero attached hydrogens (tertiary/aromatic N) is 1. The number of anilines is 2. The molecule has 2 amide bonds. The van der Waals surface area contributed by atoms with Crippen LogP contribution in [-0.2, 0) is 10.5 Å². The van der Waals surface area contributed by atoms with Gasteiger partial charge in [0.05, 0.1) is 18.4 Å². The van der Waals surface area contributed by atoms with Crippen LogP contribution in [0.15, 0.2) is 42.5 Å². The van der Waals surface area contributed by atoms with Crippen LogP contribution >= 0.6 is 0 Å². The number of carbonyl (C=O) groups is 2.